The zero-order valence-corrected chi connectivity index (χ0v) is 11.9. The summed E-state index contributed by atoms with van der Waals surface area (Å²) in [5.74, 6) is 1.54. The Morgan fingerprint density at radius 3 is 2.95 bits per heavy atom. The Kier molecular flexibility index (Phi) is 2.94. The van der Waals surface area contributed by atoms with E-state index < -0.39 is 0 Å². The van der Waals surface area contributed by atoms with E-state index in [-0.39, 0.29) is 22.3 Å². The van der Waals surface area contributed by atoms with Crippen molar-refractivity contribution in [2.45, 2.75) is 25.9 Å². The van der Waals surface area contributed by atoms with Crippen LogP contribution in [0.2, 0.25) is 5.15 Å². The van der Waals surface area contributed by atoms with Crippen LogP contribution in [-0.4, -0.2) is 15.6 Å². The smallest absolute Gasteiger partial charge is 0.247 e. The summed E-state index contributed by atoms with van der Waals surface area (Å²) < 4.78 is 11.7. The van der Waals surface area contributed by atoms with Gasteiger partial charge in [0.15, 0.2) is 16.7 Å². The number of benzene rings is 1. The van der Waals surface area contributed by atoms with Gasteiger partial charge in [-0.3, -0.25) is 0 Å². The fourth-order valence-corrected chi connectivity index (χ4v) is 2.34. The first-order chi connectivity index (χ1) is 9.46. The minimum absolute atomic E-state index is 0.170. The lowest BCUT2D eigenvalue weighted by Crippen LogP contribution is -2.24. The van der Waals surface area contributed by atoms with E-state index in [1.54, 1.807) is 0 Å². The van der Waals surface area contributed by atoms with Crippen molar-refractivity contribution < 1.29 is 9.47 Å². The molecule has 2 heterocycles. The first-order valence-electron chi connectivity index (χ1n) is 6.21. The number of halogens is 1. The molecule has 0 saturated heterocycles. The second-order valence-electron chi connectivity index (χ2n) is 5.27. The van der Waals surface area contributed by atoms with Gasteiger partial charge >= 0.3 is 0 Å². The standard InChI is InChI=1S/C14H14ClN3O2/c1-14(2)6-8-4-3-5-9(11(8)20-14)19-13-10(16)12(15)17-7-18-13/h3-5,7H,6,16H2,1-2H3. The largest absolute Gasteiger partial charge is 0.483 e. The number of anilines is 1. The number of rotatable bonds is 2. The van der Waals surface area contributed by atoms with Gasteiger partial charge in [-0.25, -0.2) is 4.98 Å². The van der Waals surface area contributed by atoms with Crippen molar-refractivity contribution in [3.63, 3.8) is 0 Å². The lowest BCUT2D eigenvalue weighted by Gasteiger charge is -2.18. The fraction of sp³-hybridized carbons (Fsp3) is 0.286. The summed E-state index contributed by atoms with van der Waals surface area (Å²) in [5.41, 5.74) is 6.88. The first-order valence-corrected chi connectivity index (χ1v) is 6.59. The Labute approximate surface area is 121 Å². The van der Waals surface area contributed by atoms with Gasteiger partial charge < -0.3 is 15.2 Å². The Morgan fingerprint density at radius 2 is 2.15 bits per heavy atom. The molecule has 0 amide bonds. The van der Waals surface area contributed by atoms with Crippen LogP contribution in [0.25, 0.3) is 0 Å². The number of para-hydroxylation sites is 1. The van der Waals surface area contributed by atoms with E-state index in [9.17, 15) is 0 Å². The van der Waals surface area contributed by atoms with Crippen molar-refractivity contribution in [2.24, 2.45) is 0 Å². The maximum absolute atomic E-state index is 5.93. The third-order valence-electron chi connectivity index (χ3n) is 3.06. The molecule has 1 aliphatic rings. The first kappa shape index (κ1) is 13.0. The quantitative estimate of drug-likeness (QED) is 0.860. The summed E-state index contributed by atoms with van der Waals surface area (Å²) in [6.45, 7) is 4.07. The van der Waals surface area contributed by atoms with E-state index in [0.29, 0.717) is 5.75 Å². The number of nitrogens with zero attached hydrogens (tertiary/aromatic N) is 2. The van der Waals surface area contributed by atoms with Crippen LogP contribution in [0.3, 0.4) is 0 Å². The van der Waals surface area contributed by atoms with Crippen LogP contribution in [0, 0.1) is 0 Å². The van der Waals surface area contributed by atoms with Gasteiger partial charge in [-0.05, 0) is 19.9 Å². The molecule has 1 aromatic heterocycles. The van der Waals surface area contributed by atoms with Crippen LogP contribution in [0.1, 0.15) is 19.4 Å². The molecule has 2 N–H and O–H groups in total. The topological polar surface area (TPSA) is 70.3 Å². The zero-order chi connectivity index (χ0) is 14.3. The molecular weight excluding hydrogens is 278 g/mol. The molecule has 1 aliphatic heterocycles. The maximum Gasteiger partial charge on any atom is 0.247 e. The second kappa shape index (κ2) is 4.52. The molecule has 1 aromatic carbocycles. The second-order valence-corrected chi connectivity index (χ2v) is 5.63. The van der Waals surface area contributed by atoms with E-state index in [1.807, 2.05) is 32.0 Å². The summed E-state index contributed by atoms with van der Waals surface area (Å²) in [6, 6.07) is 5.75. The number of nitrogens with two attached hydrogens (primary N) is 1. The fourth-order valence-electron chi connectivity index (χ4n) is 2.21. The summed E-state index contributed by atoms with van der Waals surface area (Å²) in [5, 5.41) is 0.170. The number of hydrogen-bond donors (Lipinski definition) is 1. The lowest BCUT2D eigenvalue weighted by molar-refractivity contribution is 0.135. The Hall–Kier alpha value is -2.01. The highest BCUT2D eigenvalue weighted by Crippen LogP contribution is 2.43. The highest BCUT2D eigenvalue weighted by molar-refractivity contribution is 6.32. The molecule has 0 unspecified atom stereocenters. The van der Waals surface area contributed by atoms with Crippen LogP contribution in [0.4, 0.5) is 5.69 Å². The van der Waals surface area contributed by atoms with Crippen LogP contribution < -0.4 is 15.2 Å². The van der Waals surface area contributed by atoms with Gasteiger partial charge in [-0.2, -0.15) is 4.98 Å². The third kappa shape index (κ3) is 2.25. The van der Waals surface area contributed by atoms with Crippen LogP contribution >= 0.6 is 11.6 Å². The number of ether oxygens (including phenoxy) is 2. The van der Waals surface area contributed by atoms with Crippen LogP contribution in [-0.2, 0) is 6.42 Å². The lowest BCUT2D eigenvalue weighted by atomic mass is 10.0. The van der Waals surface area contributed by atoms with Gasteiger partial charge in [-0.15, -0.1) is 0 Å². The average molecular weight is 292 g/mol. The van der Waals surface area contributed by atoms with Gasteiger partial charge in [0.25, 0.3) is 0 Å². The number of aromatic nitrogens is 2. The van der Waals surface area contributed by atoms with Crippen molar-refractivity contribution in [1.29, 1.82) is 0 Å². The van der Waals surface area contributed by atoms with Crippen molar-refractivity contribution in [3.05, 3.63) is 35.2 Å². The minimum Gasteiger partial charge on any atom is -0.483 e. The SMILES string of the molecule is CC1(C)Cc2cccc(Oc3ncnc(Cl)c3N)c2O1. The van der Waals surface area contributed by atoms with Gasteiger partial charge in [0, 0.05) is 12.0 Å². The summed E-state index contributed by atoms with van der Waals surface area (Å²) >= 11 is 5.86. The van der Waals surface area contributed by atoms with Crippen molar-refractivity contribution in [1.82, 2.24) is 9.97 Å². The normalized spacial score (nSPS) is 15.6. The predicted octanol–water partition coefficient (Wildman–Crippen LogP) is 3.22. The molecule has 0 bridgehead atoms. The van der Waals surface area contributed by atoms with Gasteiger partial charge in [-0.1, -0.05) is 23.7 Å². The Bertz CT molecular complexity index is 673. The Morgan fingerprint density at radius 1 is 1.35 bits per heavy atom. The van der Waals surface area contributed by atoms with E-state index >= 15 is 0 Å². The third-order valence-corrected chi connectivity index (χ3v) is 3.36. The molecule has 3 rings (SSSR count). The number of fused-ring (bicyclic) bond motifs is 1. The summed E-state index contributed by atoms with van der Waals surface area (Å²) in [4.78, 5) is 7.79. The molecule has 20 heavy (non-hydrogen) atoms. The molecule has 0 fully saturated rings. The van der Waals surface area contributed by atoms with Crippen LogP contribution in [0.15, 0.2) is 24.5 Å². The molecule has 0 aliphatic carbocycles. The van der Waals surface area contributed by atoms with E-state index in [2.05, 4.69) is 9.97 Å². The maximum atomic E-state index is 5.93. The van der Waals surface area contributed by atoms with E-state index in [1.165, 1.54) is 6.33 Å². The van der Waals surface area contributed by atoms with Gasteiger partial charge in [0.1, 0.15) is 17.6 Å². The monoisotopic (exact) mass is 291 g/mol. The van der Waals surface area contributed by atoms with Crippen LogP contribution in [0.5, 0.6) is 17.4 Å². The number of nitrogen functional groups attached to an aromatic ring is 1. The molecular formula is C14H14ClN3O2. The van der Waals surface area contributed by atoms with E-state index in [4.69, 9.17) is 26.8 Å². The summed E-state index contributed by atoms with van der Waals surface area (Å²) in [6.07, 6.45) is 2.14. The van der Waals surface area contributed by atoms with Crippen molar-refractivity contribution in [3.8, 4) is 17.4 Å². The molecule has 0 radical (unpaired) electrons. The average Bonchev–Trinajstić information content (AvgIpc) is 2.70. The number of hydrogen-bond acceptors (Lipinski definition) is 5. The molecule has 2 aromatic rings. The minimum atomic E-state index is -0.239. The summed E-state index contributed by atoms with van der Waals surface area (Å²) in [7, 11) is 0. The molecule has 104 valence electrons. The highest BCUT2D eigenvalue weighted by Gasteiger charge is 2.32. The van der Waals surface area contributed by atoms with Crippen molar-refractivity contribution in [2.75, 3.05) is 5.73 Å². The molecule has 0 saturated carbocycles. The van der Waals surface area contributed by atoms with Crippen molar-refractivity contribution >= 4 is 17.3 Å². The van der Waals surface area contributed by atoms with Gasteiger partial charge in [0.05, 0.1) is 0 Å². The molecule has 0 spiro atoms. The highest BCUT2D eigenvalue weighted by atomic mass is 35.5. The molecule has 6 heteroatoms. The predicted molar refractivity (Wildman–Crippen MR) is 76.4 cm³/mol. The zero-order valence-electron chi connectivity index (χ0n) is 11.2. The molecule has 5 nitrogen and oxygen atoms in total. The molecule has 0 atom stereocenters. The van der Waals surface area contributed by atoms with Gasteiger partial charge in [0.2, 0.25) is 5.88 Å². The Balaban J connectivity index is 1.98. The van der Waals surface area contributed by atoms with E-state index in [0.717, 1.165) is 17.7 Å².